The summed E-state index contributed by atoms with van der Waals surface area (Å²) in [6.45, 7) is -1.52. The van der Waals surface area contributed by atoms with E-state index in [0.717, 1.165) is 9.80 Å². The van der Waals surface area contributed by atoms with Crippen molar-refractivity contribution in [1.29, 1.82) is 0 Å². The van der Waals surface area contributed by atoms with Gasteiger partial charge in [0.15, 0.2) is 0 Å². The van der Waals surface area contributed by atoms with Crippen LogP contribution in [0.3, 0.4) is 0 Å². The van der Waals surface area contributed by atoms with E-state index in [1.54, 1.807) is 42.5 Å². The second-order valence-electron chi connectivity index (χ2n) is 5.95. The lowest BCUT2D eigenvalue weighted by molar-refractivity contribution is -0.147. The predicted octanol–water partition coefficient (Wildman–Crippen LogP) is 4.00. The number of alkyl halides is 3. The van der Waals surface area contributed by atoms with Gasteiger partial charge in [0.1, 0.15) is 0 Å². The number of carbonyl (C=O) groups is 2. The van der Waals surface area contributed by atoms with Crippen molar-refractivity contribution in [2.24, 2.45) is 0 Å². The molecule has 0 N–H and O–H groups in total. The number of carbonyl (C=O) groups excluding carboxylic acids is 2. The molecule has 1 amide bonds. The van der Waals surface area contributed by atoms with Gasteiger partial charge in [-0.2, -0.15) is 13.2 Å². The van der Waals surface area contributed by atoms with Crippen LogP contribution in [0.4, 0.5) is 18.9 Å². The van der Waals surface area contributed by atoms with Crippen LogP contribution in [-0.4, -0.2) is 36.0 Å². The van der Waals surface area contributed by atoms with E-state index in [1.165, 1.54) is 6.07 Å². The van der Waals surface area contributed by atoms with Gasteiger partial charge in [0.05, 0.1) is 24.5 Å². The van der Waals surface area contributed by atoms with Crippen molar-refractivity contribution in [1.82, 2.24) is 4.90 Å². The Bertz CT molecular complexity index is 840. The number of nitrogens with zero attached hydrogens (tertiary/aromatic N) is 2. The molecule has 2 aromatic rings. The molecule has 2 aromatic carbocycles. The molecule has 0 unspecified atom stereocenters. The smallest absolute Gasteiger partial charge is 0.291 e. The third-order valence-corrected chi connectivity index (χ3v) is 4.42. The summed E-state index contributed by atoms with van der Waals surface area (Å²) < 4.78 is 39.6. The number of hydrogen-bond acceptors (Lipinski definition) is 3. The van der Waals surface area contributed by atoms with Crippen LogP contribution in [0.5, 0.6) is 0 Å². The Morgan fingerprint density at radius 2 is 1.73 bits per heavy atom. The number of halogens is 4. The summed E-state index contributed by atoms with van der Waals surface area (Å²) in [5.41, 5.74) is 1.20. The monoisotopic (exact) mass is 426 g/mol. The number of amides is 1. The molecule has 0 spiro atoms. The summed E-state index contributed by atoms with van der Waals surface area (Å²) in [4.78, 5) is 26.6. The maximum absolute atomic E-state index is 13.0. The van der Waals surface area contributed by atoms with E-state index in [9.17, 15) is 22.8 Å². The van der Waals surface area contributed by atoms with Gasteiger partial charge in [-0.05, 0) is 23.8 Å². The highest BCUT2D eigenvalue weighted by atomic mass is 79.9. The molecule has 8 heteroatoms. The Hall–Kier alpha value is -2.19. The zero-order valence-electron chi connectivity index (χ0n) is 13.5. The highest BCUT2D eigenvalue weighted by molar-refractivity contribution is 9.10. The van der Waals surface area contributed by atoms with Crippen LogP contribution in [0.25, 0.3) is 0 Å². The van der Waals surface area contributed by atoms with Gasteiger partial charge in [-0.1, -0.05) is 46.3 Å². The van der Waals surface area contributed by atoms with Crippen LogP contribution in [0.2, 0.25) is 0 Å². The van der Waals surface area contributed by atoms with Gasteiger partial charge in [-0.15, -0.1) is 0 Å². The van der Waals surface area contributed by atoms with Crippen LogP contribution in [-0.2, 0) is 11.3 Å². The zero-order valence-corrected chi connectivity index (χ0v) is 15.0. The molecule has 0 saturated carbocycles. The summed E-state index contributed by atoms with van der Waals surface area (Å²) in [6, 6.07) is 13.3. The molecular weight excluding hydrogens is 413 g/mol. The maximum Gasteiger partial charge on any atom is 0.401 e. The molecule has 0 fully saturated rings. The van der Waals surface area contributed by atoms with Gasteiger partial charge in [0.2, 0.25) is 0 Å². The number of anilines is 1. The van der Waals surface area contributed by atoms with E-state index >= 15 is 0 Å². The molecule has 26 heavy (non-hydrogen) atoms. The molecule has 136 valence electrons. The lowest BCUT2D eigenvalue weighted by Crippen LogP contribution is -2.44. The Kier molecular flexibility index (Phi) is 5.15. The molecule has 3 rings (SSSR count). The van der Waals surface area contributed by atoms with Crippen LogP contribution in [0.1, 0.15) is 15.9 Å². The molecule has 4 nitrogen and oxygen atoms in total. The minimum absolute atomic E-state index is 0.00164. The first-order valence-corrected chi connectivity index (χ1v) is 8.53. The zero-order chi connectivity index (χ0) is 18.9. The van der Waals surface area contributed by atoms with E-state index in [4.69, 9.17) is 0 Å². The van der Waals surface area contributed by atoms with E-state index in [-0.39, 0.29) is 18.8 Å². The Morgan fingerprint density at radius 3 is 2.38 bits per heavy atom. The first-order valence-electron chi connectivity index (χ1n) is 7.73. The summed E-state index contributed by atoms with van der Waals surface area (Å²) in [5.74, 6) is -1.53. The highest BCUT2D eigenvalue weighted by Gasteiger charge is 2.38. The molecule has 1 heterocycles. The fourth-order valence-corrected chi connectivity index (χ4v) is 3.21. The Morgan fingerprint density at radius 1 is 1.04 bits per heavy atom. The van der Waals surface area contributed by atoms with Crippen molar-refractivity contribution in [2.45, 2.75) is 12.7 Å². The minimum Gasteiger partial charge on any atom is -0.291 e. The number of ketones is 1. The van der Waals surface area contributed by atoms with Crippen molar-refractivity contribution in [3.8, 4) is 0 Å². The third-order valence-electron chi connectivity index (χ3n) is 3.93. The topological polar surface area (TPSA) is 40.6 Å². The lowest BCUT2D eigenvalue weighted by atomic mass is 10.1. The maximum atomic E-state index is 13.0. The standard InChI is InChI=1S/C18H14BrF3N2O2/c19-13-6-7-14-15(8-13)24(17(26)16(14)25)11-23(10-18(20,21)22)9-12-4-2-1-3-5-12/h1-8H,9-11H2. The van der Waals surface area contributed by atoms with Crippen LogP contribution in [0, 0.1) is 0 Å². The average Bonchev–Trinajstić information content (AvgIpc) is 2.79. The lowest BCUT2D eigenvalue weighted by Gasteiger charge is -2.28. The Balaban J connectivity index is 1.88. The molecule has 0 saturated heterocycles. The number of Topliss-reactive ketones (excluding diaryl/α,β-unsaturated/α-hetero) is 1. The van der Waals surface area contributed by atoms with Crippen molar-refractivity contribution in [3.05, 3.63) is 64.1 Å². The van der Waals surface area contributed by atoms with Crippen LogP contribution < -0.4 is 4.90 Å². The minimum atomic E-state index is -4.43. The highest BCUT2D eigenvalue weighted by Crippen LogP contribution is 2.32. The summed E-state index contributed by atoms with van der Waals surface area (Å²) in [5, 5.41) is 0. The van der Waals surface area contributed by atoms with Gasteiger partial charge in [-0.3, -0.25) is 19.4 Å². The summed E-state index contributed by atoms with van der Waals surface area (Å²) in [6.07, 6.45) is -4.43. The van der Waals surface area contributed by atoms with Gasteiger partial charge in [-0.25, -0.2) is 0 Å². The van der Waals surface area contributed by atoms with Gasteiger partial charge >= 0.3 is 12.1 Å². The largest absolute Gasteiger partial charge is 0.401 e. The molecule has 0 aromatic heterocycles. The normalized spacial score (nSPS) is 14.3. The van der Waals surface area contributed by atoms with Crippen molar-refractivity contribution >= 4 is 33.3 Å². The molecule has 1 aliphatic rings. The van der Waals surface area contributed by atoms with Crippen LogP contribution in [0.15, 0.2) is 53.0 Å². The Labute approximate surface area is 156 Å². The molecule has 0 aliphatic carbocycles. The molecule has 0 bridgehead atoms. The second-order valence-corrected chi connectivity index (χ2v) is 6.87. The fourth-order valence-electron chi connectivity index (χ4n) is 2.86. The summed E-state index contributed by atoms with van der Waals surface area (Å²) in [7, 11) is 0. The van der Waals surface area contributed by atoms with Crippen molar-refractivity contribution in [3.63, 3.8) is 0 Å². The van der Waals surface area contributed by atoms with Crippen LogP contribution >= 0.6 is 15.9 Å². The van der Waals surface area contributed by atoms with Gasteiger partial charge in [0.25, 0.3) is 5.78 Å². The SMILES string of the molecule is O=C1C(=O)N(CN(Cc2ccccc2)CC(F)(F)F)c2cc(Br)ccc21. The molecule has 0 radical (unpaired) electrons. The fraction of sp³-hybridized carbons (Fsp3) is 0.222. The van der Waals surface area contributed by atoms with Crippen molar-refractivity contribution < 1.29 is 22.8 Å². The average molecular weight is 427 g/mol. The first-order chi connectivity index (χ1) is 12.2. The molecular formula is C18H14BrF3N2O2. The number of benzene rings is 2. The van der Waals surface area contributed by atoms with Gasteiger partial charge < -0.3 is 0 Å². The second kappa shape index (κ2) is 7.20. The predicted molar refractivity (Wildman–Crippen MR) is 93.7 cm³/mol. The molecule has 1 aliphatic heterocycles. The van der Waals surface area contributed by atoms with E-state index in [1.807, 2.05) is 0 Å². The number of hydrogen-bond donors (Lipinski definition) is 0. The van der Waals surface area contributed by atoms with E-state index in [0.29, 0.717) is 15.7 Å². The quantitative estimate of drug-likeness (QED) is 0.678. The number of fused-ring (bicyclic) bond motifs is 1. The first kappa shape index (κ1) is 18.6. The third kappa shape index (κ3) is 4.13. The van der Waals surface area contributed by atoms with E-state index < -0.39 is 24.4 Å². The van der Waals surface area contributed by atoms with Crippen molar-refractivity contribution in [2.75, 3.05) is 18.1 Å². The summed E-state index contributed by atoms with van der Waals surface area (Å²) >= 11 is 3.26. The number of rotatable bonds is 5. The molecule has 0 atom stereocenters. The van der Waals surface area contributed by atoms with Gasteiger partial charge in [0, 0.05) is 11.0 Å². The van der Waals surface area contributed by atoms with E-state index in [2.05, 4.69) is 15.9 Å².